The minimum absolute atomic E-state index is 0.284. The molecule has 3 heteroatoms. The zero-order valence-corrected chi connectivity index (χ0v) is 12.6. The molecular formula is C17H26N2O. The van der Waals surface area contributed by atoms with E-state index in [1.165, 1.54) is 18.5 Å². The summed E-state index contributed by atoms with van der Waals surface area (Å²) in [6, 6.07) is 8.70. The Bertz CT molecular complexity index is 462. The maximum Gasteiger partial charge on any atom is 0.0948 e. The fourth-order valence-electron chi connectivity index (χ4n) is 3.80. The van der Waals surface area contributed by atoms with Crippen LogP contribution in [0.3, 0.4) is 0 Å². The van der Waals surface area contributed by atoms with Crippen LogP contribution in [0.25, 0.3) is 0 Å². The first-order valence-corrected chi connectivity index (χ1v) is 7.86. The zero-order valence-electron chi connectivity index (χ0n) is 12.6. The van der Waals surface area contributed by atoms with E-state index in [0.717, 1.165) is 31.6 Å². The summed E-state index contributed by atoms with van der Waals surface area (Å²) in [6.45, 7) is 6.76. The Morgan fingerprint density at radius 1 is 1.05 bits per heavy atom. The number of aliphatic hydroxyl groups is 1. The van der Waals surface area contributed by atoms with Crippen molar-refractivity contribution in [1.29, 1.82) is 0 Å². The quantitative estimate of drug-likeness (QED) is 0.851. The summed E-state index contributed by atoms with van der Waals surface area (Å²) < 4.78 is 0. The smallest absolute Gasteiger partial charge is 0.0948 e. The van der Waals surface area contributed by atoms with E-state index in [9.17, 15) is 5.11 Å². The van der Waals surface area contributed by atoms with Crippen molar-refractivity contribution in [3.05, 3.63) is 35.4 Å². The van der Waals surface area contributed by atoms with Crippen molar-refractivity contribution in [2.24, 2.45) is 0 Å². The third-order valence-corrected chi connectivity index (χ3v) is 5.03. The molecule has 110 valence electrons. The van der Waals surface area contributed by atoms with Gasteiger partial charge in [-0.1, -0.05) is 31.2 Å². The van der Waals surface area contributed by atoms with Crippen molar-refractivity contribution in [2.75, 3.05) is 33.2 Å². The van der Waals surface area contributed by atoms with Crippen LogP contribution in [-0.4, -0.2) is 54.2 Å². The molecule has 0 spiro atoms. The summed E-state index contributed by atoms with van der Waals surface area (Å²) in [5, 5.41) is 10.8. The SMILES string of the molecule is CC1CC(N2CCCN(C)CC2)C(O)c2ccccc21. The lowest BCUT2D eigenvalue weighted by molar-refractivity contribution is 0.0333. The van der Waals surface area contributed by atoms with Crippen molar-refractivity contribution < 1.29 is 5.11 Å². The van der Waals surface area contributed by atoms with Crippen molar-refractivity contribution in [1.82, 2.24) is 9.80 Å². The van der Waals surface area contributed by atoms with Gasteiger partial charge in [0.15, 0.2) is 0 Å². The molecule has 0 saturated carbocycles. The molecule has 0 amide bonds. The first-order chi connectivity index (χ1) is 9.66. The number of likely N-dealkylation sites (N-methyl/N-ethyl adjacent to an activating group) is 1. The lowest BCUT2D eigenvalue weighted by Crippen LogP contribution is -2.44. The van der Waals surface area contributed by atoms with Crippen LogP contribution in [0, 0.1) is 0 Å². The molecule has 1 fully saturated rings. The summed E-state index contributed by atoms with van der Waals surface area (Å²) in [5.74, 6) is 0.542. The summed E-state index contributed by atoms with van der Waals surface area (Å²) in [4.78, 5) is 4.91. The maximum atomic E-state index is 10.8. The molecule has 1 aromatic carbocycles. The molecule has 3 unspecified atom stereocenters. The van der Waals surface area contributed by atoms with Gasteiger partial charge in [0.05, 0.1) is 6.10 Å². The van der Waals surface area contributed by atoms with Crippen molar-refractivity contribution in [3.8, 4) is 0 Å². The third kappa shape index (κ3) is 2.62. The molecule has 1 aliphatic heterocycles. The van der Waals surface area contributed by atoms with Gasteiger partial charge in [-0.05, 0) is 50.0 Å². The van der Waals surface area contributed by atoms with Gasteiger partial charge in [-0.15, -0.1) is 0 Å². The van der Waals surface area contributed by atoms with Crippen molar-refractivity contribution >= 4 is 0 Å². The average molecular weight is 274 g/mol. The Kier molecular flexibility index (Phi) is 4.11. The van der Waals surface area contributed by atoms with Gasteiger partial charge in [-0.25, -0.2) is 0 Å². The van der Waals surface area contributed by atoms with Gasteiger partial charge < -0.3 is 10.0 Å². The Morgan fingerprint density at radius 3 is 2.60 bits per heavy atom. The highest BCUT2D eigenvalue weighted by Crippen LogP contribution is 2.39. The van der Waals surface area contributed by atoms with Crippen molar-refractivity contribution in [2.45, 2.75) is 37.8 Å². The molecule has 1 aromatic rings. The van der Waals surface area contributed by atoms with Gasteiger partial charge in [0, 0.05) is 19.1 Å². The Labute approximate surface area is 122 Å². The lowest BCUT2D eigenvalue weighted by atomic mass is 9.78. The maximum absolute atomic E-state index is 10.8. The Morgan fingerprint density at radius 2 is 1.80 bits per heavy atom. The molecule has 2 aliphatic rings. The summed E-state index contributed by atoms with van der Waals surface area (Å²) in [5.41, 5.74) is 2.48. The monoisotopic (exact) mass is 274 g/mol. The first-order valence-electron chi connectivity index (χ1n) is 7.86. The molecular weight excluding hydrogens is 248 g/mol. The molecule has 1 aliphatic carbocycles. The standard InChI is InChI=1S/C17H26N2O/c1-13-12-16(19-9-5-8-18(2)10-11-19)17(20)15-7-4-3-6-14(13)15/h3-4,6-7,13,16-17,20H,5,8-12H2,1-2H3. The number of hydrogen-bond acceptors (Lipinski definition) is 3. The highest BCUT2D eigenvalue weighted by atomic mass is 16.3. The summed E-state index contributed by atoms with van der Waals surface area (Å²) >= 11 is 0. The number of rotatable bonds is 1. The normalized spacial score (nSPS) is 32.6. The van der Waals surface area contributed by atoms with E-state index < -0.39 is 0 Å². The molecule has 0 radical (unpaired) electrons. The zero-order chi connectivity index (χ0) is 14.1. The minimum Gasteiger partial charge on any atom is -0.387 e. The minimum atomic E-state index is -0.328. The van der Waals surface area contributed by atoms with Crippen LogP contribution in [0.1, 0.15) is 42.9 Å². The Hall–Kier alpha value is -0.900. The molecule has 3 nitrogen and oxygen atoms in total. The van der Waals surface area contributed by atoms with E-state index in [1.807, 2.05) is 6.07 Å². The van der Waals surface area contributed by atoms with Crippen LogP contribution in [0.2, 0.25) is 0 Å². The fraction of sp³-hybridized carbons (Fsp3) is 0.647. The highest BCUT2D eigenvalue weighted by Gasteiger charge is 2.35. The molecule has 1 saturated heterocycles. The average Bonchev–Trinajstić information content (AvgIpc) is 2.68. The Balaban J connectivity index is 1.81. The van der Waals surface area contributed by atoms with Gasteiger partial charge in [0.1, 0.15) is 0 Å². The van der Waals surface area contributed by atoms with Crippen LogP contribution in [0.4, 0.5) is 0 Å². The molecule has 20 heavy (non-hydrogen) atoms. The van der Waals surface area contributed by atoms with Gasteiger partial charge in [-0.2, -0.15) is 0 Å². The largest absolute Gasteiger partial charge is 0.387 e. The second-order valence-corrected chi connectivity index (χ2v) is 6.47. The predicted molar refractivity (Wildman–Crippen MR) is 81.9 cm³/mol. The molecule has 1 heterocycles. The van der Waals surface area contributed by atoms with Crippen LogP contribution < -0.4 is 0 Å². The van der Waals surface area contributed by atoms with E-state index in [2.05, 4.69) is 42.0 Å². The van der Waals surface area contributed by atoms with Gasteiger partial charge in [0.2, 0.25) is 0 Å². The van der Waals surface area contributed by atoms with Crippen LogP contribution >= 0.6 is 0 Å². The number of fused-ring (bicyclic) bond motifs is 1. The van der Waals surface area contributed by atoms with E-state index in [-0.39, 0.29) is 12.1 Å². The van der Waals surface area contributed by atoms with Crippen LogP contribution in [0.15, 0.2) is 24.3 Å². The van der Waals surface area contributed by atoms with E-state index in [0.29, 0.717) is 5.92 Å². The molecule has 0 bridgehead atoms. The predicted octanol–water partition coefficient (Wildman–Crippen LogP) is 2.23. The van der Waals surface area contributed by atoms with E-state index in [4.69, 9.17) is 0 Å². The van der Waals surface area contributed by atoms with Gasteiger partial charge in [0.25, 0.3) is 0 Å². The number of benzene rings is 1. The van der Waals surface area contributed by atoms with Gasteiger partial charge in [-0.3, -0.25) is 4.90 Å². The van der Waals surface area contributed by atoms with Crippen LogP contribution in [0.5, 0.6) is 0 Å². The van der Waals surface area contributed by atoms with Crippen molar-refractivity contribution in [3.63, 3.8) is 0 Å². The topological polar surface area (TPSA) is 26.7 Å². The summed E-state index contributed by atoms with van der Waals surface area (Å²) in [7, 11) is 2.19. The number of hydrogen-bond donors (Lipinski definition) is 1. The fourth-order valence-corrected chi connectivity index (χ4v) is 3.80. The molecule has 0 aromatic heterocycles. The lowest BCUT2D eigenvalue weighted by Gasteiger charge is -2.40. The van der Waals surface area contributed by atoms with Gasteiger partial charge >= 0.3 is 0 Å². The van der Waals surface area contributed by atoms with Crippen LogP contribution in [-0.2, 0) is 0 Å². The molecule has 3 rings (SSSR count). The molecule has 1 N–H and O–H groups in total. The first kappa shape index (κ1) is 14.1. The highest BCUT2D eigenvalue weighted by molar-refractivity contribution is 5.35. The number of nitrogens with zero attached hydrogens (tertiary/aromatic N) is 2. The van der Waals surface area contributed by atoms with E-state index >= 15 is 0 Å². The second kappa shape index (κ2) is 5.84. The van der Waals surface area contributed by atoms with E-state index in [1.54, 1.807) is 0 Å². The third-order valence-electron chi connectivity index (χ3n) is 5.03. The summed E-state index contributed by atoms with van der Waals surface area (Å²) in [6.07, 6.45) is 1.95. The number of aliphatic hydroxyl groups excluding tert-OH is 1. The second-order valence-electron chi connectivity index (χ2n) is 6.47. The molecule has 3 atom stereocenters.